The lowest BCUT2D eigenvalue weighted by molar-refractivity contribution is -0.127. The van der Waals surface area contributed by atoms with Crippen LogP contribution >= 0.6 is 0 Å². The van der Waals surface area contributed by atoms with Gasteiger partial charge in [-0.2, -0.15) is 0 Å². The molecule has 5 heteroatoms. The van der Waals surface area contributed by atoms with Crippen molar-refractivity contribution in [1.29, 1.82) is 0 Å². The molecule has 0 aromatic rings. The molecule has 1 unspecified atom stereocenters. The molecule has 1 fully saturated rings. The molecular formula is C10H21N3O2. The highest BCUT2D eigenvalue weighted by atomic mass is 16.3. The Hall–Kier alpha value is -0.650. The zero-order valence-electron chi connectivity index (χ0n) is 9.28. The van der Waals surface area contributed by atoms with E-state index in [-0.39, 0.29) is 18.6 Å². The van der Waals surface area contributed by atoms with E-state index in [1.165, 1.54) is 6.42 Å². The third kappa shape index (κ3) is 3.15. The second-order valence-corrected chi connectivity index (χ2v) is 4.08. The molecule has 0 aliphatic heterocycles. The number of nitrogens with zero attached hydrogens (tertiary/aromatic N) is 1. The first-order valence-electron chi connectivity index (χ1n) is 5.57. The topological polar surface area (TPSA) is 78.6 Å². The average Bonchev–Trinajstić information content (AvgIpc) is 2.19. The Morgan fingerprint density at radius 2 is 2.33 bits per heavy atom. The molecule has 1 amide bonds. The largest absolute Gasteiger partial charge is 0.396 e. The molecule has 5 nitrogen and oxygen atoms in total. The molecule has 4 N–H and O–H groups in total. The van der Waals surface area contributed by atoms with Crippen LogP contribution in [0.2, 0.25) is 0 Å². The molecule has 0 aromatic carbocycles. The van der Waals surface area contributed by atoms with E-state index < -0.39 is 0 Å². The first-order valence-corrected chi connectivity index (χ1v) is 5.57. The number of hydrogen-bond donors (Lipinski definition) is 3. The molecule has 1 aliphatic carbocycles. The highest BCUT2D eigenvalue weighted by Crippen LogP contribution is 2.26. The Bertz CT molecular complexity index is 207. The van der Waals surface area contributed by atoms with Gasteiger partial charge in [-0.3, -0.25) is 15.1 Å². The quantitative estimate of drug-likeness (QED) is 0.320. The summed E-state index contributed by atoms with van der Waals surface area (Å²) in [6.45, 7) is 2.79. The van der Waals surface area contributed by atoms with Crippen LogP contribution < -0.4 is 11.3 Å². The lowest BCUT2D eigenvalue weighted by Crippen LogP contribution is -2.53. The zero-order valence-corrected chi connectivity index (χ0v) is 9.28. The van der Waals surface area contributed by atoms with Crippen molar-refractivity contribution in [1.82, 2.24) is 10.3 Å². The molecular weight excluding hydrogens is 194 g/mol. The second-order valence-electron chi connectivity index (χ2n) is 4.08. The van der Waals surface area contributed by atoms with Gasteiger partial charge in [0.25, 0.3) is 5.91 Å². The maximum Gasteiger partial charge on any atom is 0.250 e. The number of amides is 1. The van der Waals surface area contributed by atoms with Crippen LogP contribution in [0.25, 0.3) is 0 Å². The number of hydrogen-bond acceptors (Lipinski definition) is 4. The number of hydrazine groups is 1. The van der Waals surface area contributed by atoms with E-state index in [0.717, 1.165) is 19.4 Å². The number of aliphatic hydroxyl groups excluding tert-OH is 1. The van der Waals surface area contributed by atoms with Gasteiger partial charge in [0.2, 0.25) is 0 Å². The van der Waals surface area contributed by atoms with Crippen molar-refractivity contribution in [2.24, 2.45) is 5.84 Å². The van der Waals surface area contributed by atoms with Crippen molar-refractivity contribution >= 4 is 5.91 Å². The van der Waals surface area contributed by atoms with Gasteiger partial charge >= 0.3 is 0 Å². The molecule has 0 bridgehead atoms. The first kappa shape index (κ1) is 12.4. The summed E-state index contributed by atoms with van der Waals surface area (Å²) < 4.78 is 0. The number of nitrogens with one attached hydrogen (secondary N) is 1. The van der Waals surface area contributed by atoms with E-state index >= 15 is 0 Å². The van der Waals surface area contributed by atoms with Gasteiger partial charge in [-0.05, 0) is 26.2 Å². The Morgan fingerprint density at radius 3 is 2.73 bits per heavy atom. The highest BCUT2D eigenvalue weighted by molar-refractivity contribution is 5.80. The van der Waals surface area contributed by atoms with Crippen molar-refractivity contribution < 1.29 is 9.90 Å². The van der Waals surface area contributed by atoms with E-state index in [1.54, 1.807) is 0 Å². The fourth-order valence-electron chi connectivity index (χ4n) is 1.94. The van der Waals surface area contributed by atoms with E-state index in [4.69, 9.17) is 10.9 Å². The summed E-state index contributed by atoms with van der Waals surface area (Å²) in [5.74, 6) is 4.97. The van der Waals surface area contributed by atoms with Gasteiger partial charge in [-0.15, -0.1) is 0 Å². The smallest absolute Gasteiger partial charge is 0.250 e. The van der Waals surface area contributed by atoms with Gasteiger partial charge in [0.15, 0.2) is 0 Å². The van der Waals surface area contributed by atoms with Crippen LogP contribution in [-0.4, -0.2) is 41.1 Å². The molecule has 1 aliphatic rings. The van der Waals surface area contributed by atoms with Crippen LogP contribution in [0, 0.1) is 0 Å². The third-order valence-electron chi connectivity index (χ3n) is 3.14. The Kier molecular flexibility index (Phi) is 5.01. The number of nitrogens with two attached hydrogens (primary N) is 1. The minimum Gasteiger partial charge on any atom is -0.396 e. The Labute approximate surface area is 90.6 Å². The normalized spacial score (nSPS) is 18.7. The summed E-state index contributed by atoms with van der Waals surface area (Å²) in [5, 5.41) is 8.81. The summed E-state index contributed by atoms with van der Waals surface area (Å²) in [6.07, 6.45) is 4.23. The van der Waals surface area contributed by atoms with Crippen LogP contribution in [0.4, 0.5) is 0 Å². The van der Waals surface area contributed by atoms with Crippen molar-refractivity contribution in [3.05, 3.63) is 0 Å². The summed E-state index contributed by atoms with van der Waals surface area (Å²) >= 11 is 0. The standard InChI is InChI=1S/C10H21N3O2/c1-8(10(15)12-11)13(6-3-7-14)9-4-2-5-9/h8-9,14H,2-7,11H2,1H3,(H,12,15). The van der Waals surface area contributed by atoms with E-state index in [0.29, 0.717) is 12.5 Å². The predicted molar refractivity (Wildman–Crippen MR) is 57.8 cm³/mol. The molecule has 1 atom stereocenters. The van der Waals surface area contributed by atoms with Crippen LogP contribution in [0.15, 0.2) is 0 Å². The lowest BCUT2D eigenvalue weighted by atomic mass is 9.90. The van der Waals surface area contributed by atoms with Gasteiger partial charge in [0.1, 0.15) is 0 Å². The first-order chi connectivity index (χ1) is 7.20. The zero-order chi connectivity index (χ0) is 11.3. The number of rotatable bonds is 6. The van der Waals surface area contributed by atoms with E-state index in [9.17, 15) is 4.79 Å². The molecule has 15 heavy (non-hydrogen) atoms. The average molecular weight is 215 g/mol. The minimum absolute atomic E-state index is 0.153. The second kappa shape index (κ2) is 6.05. The fourth-order valence-corrected chi connectivity index (χ4v) is 1.94. The molecule has 0 aromatic heterocycles. The fraction of sp³-hybridized carbons (Fsp3) is 0.900. The van der Waals surface area contributed by atoms with E-state index in [1.807, 2.05) is 6.92 Å². The SMILES string of the molecule is CC(C(=O)NN)N(CCCO)C1CCC1. The van der Waals surface area contributed by atoms with Crippen LogP contribution in [-0.2, 0) is 4.79 Å². The summed E-state index contributed by atoms with van der Waals surface area (Å²) in [7, 11) is 0. The van der Waals surface area contributed by atoms with Crippen molar-refractivity contribution in [2.45, 2.75) is 44.7 Å². The molecule has 0 radical (unpaired) electrons. The Balaban J connectivity index is 2.49. The Morgan fingerprint density at radius 1 is 1.67 bits per heavy atom. The molecule has 0 heterocycles. The van der Waals surface area contributed by atoms with Gasteiger partial charge < -0.3 is 5.11 Å². The van der Waals surface area contributed by atoms with Gasteiger partial charge in [0, 0.05) is 19.2 Å². The number of carbonyl (C=O) groups excluding carboxylic acids is 1. The monoisotopic (exact) mass is 215 g/mol. The minimum atomic E-state index is -0.202. The van der Waals surface area contributed by atoms with Crippen molar-refractivity contribution in [2.75, 3.05) is 13.2 Å². The summed E-state index contributed by atoms with van der Waals surface area (Å²) in [4.78, 5) is 13.6. The molecule has 1 rings (SSSR count). The molecule has 88 valence electrons. The maximum absolute atomic E-state index is 11.4. The maximum atomic E-state index is 11.4. The summed E-state index contributed by atoms with van der Waals surface area (Å²) in [6, 6.07) is 0.288. The number of aliphatic hydroxyl groups is 1. The number of carbonyl (C=O) groups is 1. The molecule has 0 spiro atoms. The highest BCUT2D eigenvalue weighted by Gasteiger charge is 2.30. The van der Waals surface area contributed by atoms with Crippen molar-refractivity contribution in [3.8, 4) is 0 Å². The van der Waals surface area contributed by atoms with Gasteiger partial charge in [-0.1, -0.05) is 6.42 Å². The van der Waals surface area contributed by atoms with Crippen molar-refractivity contribution in [3.63, 3.8) is 0 Å². The predicted octanol–water partition coefficient (Wildman–Crippen LogP) is -0.398. The van der Waals surface area contributed by atoms with Crippen LogP contribution in [0.1, 0.15) is 32.6 Å². The third-order valence-corrected chi connectivity index (χ3v) is 3.14. The summed E-state index contributed by atoms with van der Waals surface area (Å²) in [5.41, 5.74) is 2.18. The van der Waals surface area contributed by atoms with Gasteiger partial charge in [-0.25, -0.2) is 5.84 Å². The molecule has 1 saturated carbocycles. The van der Waals surface area contributed by atoms with E-state index in [2.05, 4.69) is 10.3 Å². The van der Waals surface area contributed by atoms with Crippen LogP contribution in [0.5, 0.6) is 0 Å². The van der Waals surface area contributed by atoms with Crippen LogP contribution in [0.3, 0.4) is 0 Å². The van der Waals surface area contributed by atoms with Gasteiger partial charge in [0.05, 0.1) is 6.04 Å². The molecule has 0 saturated heterocycles. The lowest BCUT2D eigenvalue weighted by Gasteiger charge is -2.40.